The van der Waals surface area contributed by atoms with Crippen LogP contribution in [0.3, 0.4) is 0 Å². The van der Waals surface area contributed by atoms with E-state index in [9.17, 15) is 20.4 Å². The topological polar surface area (TPSA) is 137 Å². The summed E-state index contributed by atoms with van der Waals surface area (Å²) in [5, 5.41) is 44.0. The van der Waals surface area contributed by atoms with Gasteiger partial charge in [-0.1, -0.05) is 11.5 Å². The van der Waals surface area contributed by atoms with Crippen molar-refractivity contribution in [3.63, 3.8) is 0 Å². The minimum Gasteiger partial charge on any atom is -0.871 e. The summed E-state index contributed by atoms with van der Waals surface area (Å²) in [5.41, 5.74) is 4.87. The first-order chi connectivity index (χ1) is 15.3. The molecule has 0 bridgehead atoms. The van der Waals surface area contributed by atoms with Gasteiger partial charge in [0.1, 0.15) is 0 Å². The molecule has 0 amide bonds. The number of aliphatic imine (C=N–C) groups is 2. The Morgan fingerprint density at radius 3 is 1.45 bits per heavy atom. The second kappa shape index (κ2) is 11.2. The van der Waals surface area contributed by atoms with Gasteiger partial charge in [-0.05, 0) is 62.1 Å². The van der Waals surface area contributed by atoms with Gasteiger partial charge in [0, 0.05) is 47.3 Å². The summed E-state index contributed by atoms with van der Waals surface area (Å²) in [5.74, 6) is -0.602. The van der Waals surface area contributed by atoms with Crippen LogP contribution >= 0.6 is 0 Å². The summed E-state index contributed by atoms with van der Waals surface area (Å²) < 4.78 is 0. The average Bonchev–Trinajstić information content (AvgIpc) is 2.78. The molecule has 0 aliphatic rings. The smallest absolute Gasteiger partial charge is 0.871 e. The van der Waals surface area contributed by atoms with E-state index in [4.69, 9.17) is 0 Å². The summed E-state index contributed by atoms with van der Waals surface area (Å²) >= 11 is 0. The Bertz CT molecular complexity index is 1130. The van der Waals surface area contributed by atoms with Gasteiger partial charge in [-0.3, -0.25) is 20.0 Å². The Balaban J connectivity index is 0.00000385. The maximum absolute atomic E-state index is 12.5. The first-order valence-corrected chi connectivity index (χ1v) is 9.98. The van der Waals surface area contributed by atoms with Gasteiger partial charge >= 0.3 is 19.5 Å². The van der Waals surface area contributed by atoms with Crippen LogP contribution in [0, 0.1) is 27.7 Å². The summed E-state index contributed by atoms with van der Waals surface area (Å²) in [4.78, 5) is 16.9. The molecule has 0 radical (unpaired) electrons. The molecule has 0 spiro atoms. The number of hydrogen-bond donors (Lipinski definition) is 2. The zero-order valence-corrected chi connectivity index (χ0v) is 22.1. The van der Waals surface area contributed by atoms with Crippen LogP contribution in [0.15, 0.2) is 34.5 Å². The van der Waals surface area contributed by atoms with E-state index in [1.165, 1.54) is 24.8 Å². The second-order valence-corrected chi connectivity index (χ2v) is 7.48. The van der Waals surface area contributed by atoms with Gasteiger partial charge in [-0.2, -0.15) is 0 Å². The zero-order chi connectivity index (χ0) is 23.4. The number of aromatic nitrogens is 2. The van der Waals surface area contributed by atoms with Crippen LogP contribution < -0.4 is 10.2 Å². The summed E-state index contributed by atoms with van der Waals surface area (Å²) in [7, 11) is 0. The molecule has 3 rings (SSSR count). The third-order valence-electron chi connectivity index (χ3n) is 5.26. The SMILES string of the molecule is Cc1cc(N=Cc2c(CO)cnc(C)c2[O-])c(N=Cc2c(CO)cnc(C)c2[O-])cc1C.[Zn+2]. The van der Waals surface area contributed by atoms with E-state index >= 15 is 0 Å². The molecule has 0 unspecified atom stereocenters. The van der Waals surface area contributed by atoms with E-state index in [0.29, 0.717) is 33.9 Å². The van der Waals surface area contributed by atoms with Gasteiger partial charge < -0.3 is 20.4 Å². The monoisotopic (exact) mass is 496 g/mol. The van der Waals surface area contributed by atoms with E-state index in [1.54, 1.807) is 13.8 Å². The van der Waals surface area contributed by atoms with Crippen LogP contribution in [0.25, 0.3) is 0 Å². The summed E-state index contributed by atoms with van der Waals surface area (Å²) in [6.45, 7) is 6.40. The molecular formula is C24H24N4O4Zn. The van der Waals surface area contributed by atoms with Crippen molar-refractivity contribution in [2.24, 2.45) is 9.98 Å². The van der Waals surface area contributed by atoms with Crippen molar-refractivity contribution in [3.05, 3.63) is 69.3 Å². The normalized spacial score (nSPS) is 11.3. The number of pyridine rings is 2. The number of hydrogen-bond acceptors (Lipinski definition) is 8. The van der Waals surface area contributed by atoms with Gasteiger partial charge in [-0.25, -0.2) is 0 Å². The van der Waals surface area contributed by atoms with E-state index in [-0.39, 0.29) is 55.3 Å². The Hall–Kier alpha value is -3.00. The number of rotatable bonds is 6. The van der Waals surface area contributed by atoms with Gasteiger partial charge in [0.05, 0.1) is 24.6 Å². The van der Waals surface area contributed by atoms with Crippen molar-refractivity contribution in [1.82, 2.24) is 9.97 Å². The third-order valence-corrected chi connectivity index (χ3v) is 5.26. The van der Waals surface area contributed by atoms with Gasteiger partial charge in [-0.15, -0.1) is 0 Å². The van der Waals surface area contributed by atoms with Crippen LogP contribution in [0.2, 0.25) is 0 Å². The third kappa shape index (κ3) is 5.68. The fraction of sp³-hybridized carbons (Fsp3) is 0.250. The minimum absolute atomic E-state index is 0. The Morgan fingerprint density at radius 2 is 1.12 bits per heavy atom. The maximum atomic E-state index is 12.5. The molecule has 0 aliphatic heterocycles. The van der Waals surface area contributed by atoms with Gasteiger partial charge in [0.2, 0.25) is 0 Å². The number of aliphatic hydroxyl groups is 2. The summed E-state index contributed by atoms with van der Waals surface area (Å²) in [6.07, 6.45) is 5.71. The molecule has 0 aliphatic carbocycles. The maximum Gasteiger partial charge on any atom is 2.00 e. The molecule has 3 aromatic rings. The first kappa shape index (κ1) is 26.3. The number of nitrogens with zero attached hydrogens (tertiary/aromatic N) is 4. The molecule has 9 heteroatoms. The standard InChI is InChI=1S/C24H26N4O4.Zn/c1-13-5-21(27-9-19-17(11-29)7-25-15(3)23(19)31)22(6-14(13)2)28-10-20-18(12-30)8-26-16(4)24(20)32;/h5-10,29-32H,11-12H2,1-4H3;/q;+2/p-2. The van der Waals surface area contributed by atoms with Crippen molar-refractivity contribution < 1.29 is 39.9 Å². The predicted molar refractivity (Wildman–Crippen MR) is 119 cm³/mol. The fourth-order valence-corrected chi connectivity index (χ4v) is 3.08. The molecule has 8 nitrogen and oxygen atoms in total. The molecule has 0 fully saturated rings. The molecule has 166 valence electrons. The van der Waals surface area contributed by atoms with E-state index in [1.807, 2.05) is 26.0 Å². The molecule has 1 aromatic carbocycles. The average molecular weight is 498 g/mol. The summed E-state index contributed by atoms with van der Waals surface area (Å²) in [6, 6.07) is 3.66. The van der Waals surface area contributed by atoms with Crippen LogP contribution in [0.4, 0.5) is 11.4 Å². The van der Waals surface area contributed by atoms with E-state index < -0.39 is 0 Å². The molecule has 0 saturated carbocycles. The Kier molecular flexibility index (Phi) is 8.94. The second-order valence-electron chi connectivity index (χ2n) is 7.48. The number of aryl methyl sites for hydroxylation is 4. The molecule has 33 heavy (non-hydrogen) atoms. The van der Waals surface area contributed by atoms with Crippen LogP contribution in [0.1, 0.15) is 44.8 Å². The first-order valence-electron chi connectivity index (χ1n) is 9.98. The van der Waals surface area contributed by atoms with Crippen molar-refractivity contribution in [1.29, 1.82) is 0 Å². The molecule has 2 N–H and O–H groups in total. The molecule has 0 atom stereocenters. The van der Waals surface area contributed by atoms with Gasteiger partial charge in [0.25, 0.3) is 0 Å². The molecule has 2 heterocycles. The number of benzene rings is 1. The zero-order valence-electron chi connectivity index (χ0n) is 19.1. The van der Waals surface area contributed by atoms with Crippen LogP contribution in [-0.2, 0) is 32.7 Å². The predicted octanol–water partition coefficient (Wildman–Crippen LogP) is 2.34. The number of aliphatic hydroxyl groups excluding tert-OH is 2. The van der Waals surface area contributed by atoms with E-state index in [2.05, 4.69) is 20.0 Å². The van der Waals surface area contributed by atoms with Crippen molar-refractivity contribution >= 4 is 23.8 Å². The van der Waals surface area contributed by atoms with Gasteiger partial charge in [0.15, 0.2) is 0 Å². The molecule has 0 saturated heterocycles. The van der Waals surface area contributed by atoms with Crippen molar-refractivity contribution in [2.45, 2.75) is 40.9 Å². The van der Waals surface area contributed by atoms with E-state index in [0.717, 1.165) is 11.1 Å². The van der Waals surface area contributed by atoms with Crippen molar-refractivity contribution in [2.75, 3.05) is 0 Å². The minimum atomic E-state index is -0.334. The quantitative estimate of drug-likeness (QED) is 0.396. The van der Waals surface area contributed by atoms with Crippen LogP contribution in [0.5, 0.6) is 11.5 Å². The van der Waals surface area contributed by atoms with Crippen LogP contribution in [-0.4, -0.2) is 32.6 Å². The fourth-order valence-electron chi connectivity index (χ4n) is 3.08. The Morgan fingerprint density at radius 1 is 0.758 bits per heavy atom. The molecular weight excluding hydrogens is 474 g/mol. The largest absolute Gasteiger partial charge is 2.00 e. The molecule has 2 aromatic heterocycles. The van der Waals surface area contributed by atoms with Crippen molar-refractivity contribution in [3.8, 4) is 11.5 Å². The Labute approximate surface area is 205 Å².